The van der Waals surface area contributed by atoms with Crippen molar-refractivity contribution in [3.8, 4) is 22.8 Å². The standard InChI is InChI=1S/C14H14FNO4/c1-8-12(18)13(19)11(16(6-7-17)14(8)20)9-2-4-10(15)5-3-9/h2-5,17-19H,6-7H2,1H3. The molecule has 3 N–H and O–H groups in total. The van der Waals surface area contributed by atoms with Crippen molar-refractivity contribution in [3.05, 3.63) is 46.0 Å². The molecule has 2 rings (SSSR count). The van der Waals surface area contributed by atoms with Crippen LogP contribution in [0.1, 0.15) is 5.56 Å². The van der Waals surface area contributed by atoms with Gasteiger partial charge in [-0.2, -0.15) is 0 Å². The molecule has 1 aromatic heterocycles. The van der Waals surface area contributed by atoms with E-state index in [0.717, 1.165) is 4.57 Å². The molecular formula is C14H14FNO4. The topological polar surface area (TPSA) is 82.7 Å². The van der Waals surface area contributed by atoms with Gasteiger partial charge in [0.1, 0.15) is 5.82 Å². The van der Waals surface area contributed by atoms with E-state index in [4.69, 9.17) is 5.11 Å². The zero-order valence-corrected chi connectivity index (χ0v) is 10.8. The Balaban J connectivity index is 2.79. The molecule has 0 unspecified atom stereocenters. The molecule has 0 saturated carbocycles. The van der Waals surface area contributed by atoms with Crippen LogP contribution in [0, 0.1) is 12.7 Å². The van der Waals surface area contributed by atoms with Crippen molar-refractivity contribution in [1.29, 1.82) is 0 Å². The molecule has 0 saturated heterocycles. The van der Waals surface area contributed by atoms with E-state index in [-0.39, 0.29) is 24.4 Å². The first-order valence-electron chi connectivity index (χ1n) is 5.99. The number of rotatable bonds is 3. The van der Waals surface area contributed by atoms with Crippen LogP contribution in [-0.2, 0) is 6.54 Å². The zero-order valence-electron chi connectivity index (χ0n) is 10.8. The summed E-state index contributed by atoms with van der Waals surface area (Å²) in [5.74, 6) is -1.44. The summed E-state index contributed by atoms with van der Waals surface area (Å²) in [6.07, 6.45) is 0. The van der Waals surface area contributed by atoms with Crippen molar-refractivity contribution in [3.63, 3.8) is 0 Å². The Labute approximate surface area is 114 Å². The lowest BCUT2D eigenvalue weighted by molar-refractivity contribution is 0.273. The Kier molecular flexibility index (Phi) is 3.76. The molecule has 0 aliphatic heterocycles. The highest BCUT2D eigenvalue weighted by molar-refractivity contribution is 5.70. The molecule has 0 aliphatic rings. The first kappa shape index (κ1) is 14.1. The Hall–Kier alpha value is -2.34. The highest BCUT2D eigenvalue weighted by Crippen LogP contribution is 2.36. The lowest BCUT2D eigenvalue weighted by Crippen LogP contribution is -2.25. The quantitative estimate of drug-likeness (QED) is 0.792. The number of benzene rings is 1. The largest absolute Gasteiger partial charge is 0.504 e. The number of aliphatic hydroxyl groups is 1. The third kappa shape index (κ3) is 2.25. The second-order valence-corrected chi connectivity index (χ2v) is 4.36. The van der Waals surface area contributed by atoms with Crippen LogP contribution in [0.4, 0.5) is 4.39 Å². The molecule has 20 heavy (non-hydrogen) atoms. The lowest BCUT2D eigenvalue weighted by Gasteiger charge is -2.16. The average molecular weight is 279 g/mol. The summed E-state index contributed by atoms with van der Waals surface area (Å²) >= 11 is 0. The number of hydrogen-bond donors (Lipinski definition) is 3. The second-order valence-electron chi connectivity index (χ2n) is 4.36. The molecule has 5 nitrogen and oxygen atoms in total. The molecule has 2 aromatic rings. The van der Waals surface area contributed by atoms with Gasteiger partial charge in [-0.3, -0.25) is 4.79 Å². The van der Waals surface area contributed by atoms with Gasteiger partial charge in [0.25, 0.3) is 5.56 Å². The van der Waals surface area contributed by atoms with Crippen molar-refractivity contribution < 1.29 is 19.7 Å². The number of aromatic nitrogens is 1. The van der Waals surface area contributed by atoms with Crippen LogP contribution >= 0.6 is 0 Å². The maximum Gasteiger partial charge on any atom is 0.257 e. The van der Waals surface area contributed by atoms with E-state index < -0.39 is 22.9 Å². The molecule has 1 aromatic carbocycles. The van der Waals surface area contributed by atoms with Crippen molar-refractivity contribution in [2.24, 2.45) is 0 Å². The van der Waals surface area contributed by atoms with Gasteiger partial charge >= 0.3 is 0 Å². The third-order valence-electron chi connectivity index (χ3n) is 3.08. The Morgan fingerprint density at radius 1 is 1.15 bits per heavy atom. The summed E-state index contributed by atoms with van der Waals surface area (Å²) in [5, 5.41) is 28.9. The fraction of sp³-hybridized carbons (Fsp3) is 0.214. The average Bonchev–Trinajstić information content (AvgIpc) is 2.44. The van der Waals surface area contributed by atoms with E-state index >= 15 is 0 Å². The number of hydrogen-bond acceptors (Lipinski definition) is 4. The molecule has 0 atom stereocenters. The normalized spacial score (nSPS) is 10.8. The molecule has 0 bridgehead atoms. The van der Waals surface area contributed by atoms with E-state index in [1.54, 1.807) is 0 Å². The van der Waals surface area contributed by atoms with E-state index in [0.29, 0.717) is 5.56 Å². The minimum atomic E-state index is -0.520. The highest BCUT2D eigenvalue weighted by Gasteiger charge is 2.19. The van der Waals surface area contributed by atoms with Crippen LogP contribution in [-0.4, -0.2) is 26.5 Å². The monoisotopic (exact) mass is 279 g/mol. The SMILES string of the molecule is Cc1c(O)c(O)c(-c2ccc(F)cc2)n(CCO)c1=O. The number of aliphatic hydroxyl groups excluding tert-OH is 1. The number of aromatic hydroxyl groups is 2. The number of pyridine rings is 1. The van der Waals surface area contributed by atoms with Crippen molar-refractivity contribution in [1.82, 2.24) is 4.57 Å². The van der Waals surface area contributed by atoms with Gasteiger partial charge in [-0.1, -0.05) is 0 Å². The minimum Gasteiger partial charge on any atom is -0.504 e. The summed E-state index contributed by atoms with van der Waals surface area (Å²) in [6.45, 7) is 1.03. The summed E-state index contributed by atoms with van der Waals surface area (Å²) in [4.78, 5) is 12.1. The van der Waals surface area contributed by atoms with Gasteiger partial charge in [-0.15, -0.1) is 0 Å². The Bertz CT molecular complexity index is 692. The van der Waals surface area contributed by atoms with E-state index in [1.807, 2.05) is 0 Å². The molecule has 0 spiro atoms. The van der Waals surface area contributed by atoms with Gasteiger partial charge in [0.2, 0.25) is 0 Å². The molecule has 0 radical (unpaired) electrons. The zero-order chi connectivity index (χ0) is 14.9. The highest BCUT2D eigenvalue weighted by atomic mass is 19.1. The first-order valence-corrected chi connectivity index (χ1v) is 5.99. The minimum absolute atomic E-state index is 0.0122. The van der Waals surface area contributed by atoms with Gasteiger partial charge in [-0.25, -0.2) is 4.39 Å². The van der Waals surface area contributed by atoms with Gasteiger partial charge in [0.05, 0.1) is 17.9 Å². The van der Waals surface area contributed by atoms with E-state index in [1.165, 1.54) is 31.2 Å². The van der Waals surface area contributed by atoms with Gasteiger partial charge < -0.3 is 19.9 Å². The predicted molar refractivity (Wildman–Crippen MR) is 71.2 cm³/mol. The molecule has 0 amide bonds. The fourth-order valence-corrected chi connectivity index (χ4v) is 2.04. The van der Waals surface area contributed by atoms with Gasteiger partial charge in [0, 0.05) is 12.1 Å². The summed E-state index contributed by atoms with van der Waals surface area (Å²) in [6, 6.07) is 5.12. The van der Waals surface area contributed by atoms with Gasteiger partial charge in [-0.05, 0) is 31.2 Å². The second kappa shape index (κ2) is 5.34. The lowest BCUT2D eigenvalue weighted by atomic mass is 10.1. The summed E-state index contributed by atoms with van der Waals surface area (Å²) < 4.78 is 14.1. The first-order chi connectivity index (χ1) is 9.47. The molecule has 0 fully saturated rings. The van der Waals surface area contributed by atoms with Crippen molar-refractivity contribution in [2.45, 2.75) is 13.5 Å². The maximum atomic E-state index is 13.0. The van der Waals surface area contributed by atoms with Crippen LogP contribution < -0.4 is 5.56 Å². The Morgan fingerprint density at radius 3 is 2.30 bits per heavy atom. The van der Waals surface area contributed by atoms with Gasteiger partial charge in [0.15, 0.2) is 11.5 Å². The molecular weight excluding hydrogens is 265 g/mol. The maximum absolute atomic E-state index is 13.0. The summed E-state index contributed by atoms with van der Waals surface area (Å²) in [5.41, 5.74) is -0.118. The summed E-state index contributed by atoms with van der Waals surface area (Å²) in [7, 11) is 0. The van der Waals surface area contributed by atoms with Crippen LogP contribution in [0.3, 0.4) is 0 Å². The number of nitrogens with zero attached hydrogens (tertiary/aromatic N) is 1. The van der Waals surface area contributed by atoms with Crippen molar-refractivity contribution in [2.75, 3.05) is 6.61 Å². The molecule has 0 aliphatic carbocycles. The number of halogens is 1. The Morgan fingerprint density at radius 2 is 1.75 bits per heavy atom. The molecule has 1 heterocycles. The van der Waals surface area contributed by atoms with E-state index in [2.05, 4.69) is 0 Å². The van der Waals surface area contributed by atoms with Crippen LogP contribution in [0.25, 0.3) is 11.3 Å². The van der Waals surface area contributed by atoms with Crippen molar-refractivity contribution >= 4 is 0 Å². The molecule has 106 valence electrons. The third-order valence-corrected chi connectivity index (χ3v) is 3.08. The van der Waals surface area contributed by atoms with E-state index in [9.17, 15) is 19.4 Å². The fourth-order valence-electron chi connectivity index (χ4n) is 2.04. The van der Waals surface area contributed by atoms with Crippen LogP contribution in [0.5, 0.6) is 11.5 Å². The smallest absolute Gasteiger partial charge is 0.257 e. The van der Waals surface area contributed by atoms with Crippen LogP contribution in [0.2, 0.25) is 0 Å². The molecule has 6 heteroatoms. The van der Waals surface area contributed by atoms with Crippen LogP contribution in [0.15, 0.2) is 29.1 Å². The predicted octanol–water partition coefficient (Wildman–Crippen LogP) is 1.37.